The van der Waals surface area contributed by atoms with E-state index in [4.69, 9.17) is 5.73 Å². The molecule has 2 heterocycles. The second-order valence-corrected chi connectivity index (χ2v) is 3.96. The number of fused-ring (bicyclic) bond motifs is 1. The first-order valence-electron chi connectivity index (χ1n) is 5.80. The third kappa shape index (κ3) is 2.55. The lowest BCUT2D eigenvalue weighted by atomic mass is 10.3. The van der Waals surface area contributed by atoms with Gasteiger partial charge in [0, 0.05) is 6.20 Å². The largest absolute Gasteiger partial charge is 0.368 e. The fraction of sp³-hybridized carbons (Fsp3) is 0. The molecule has 0 bridgehead atoms. The summed E-state index contributed by atoms with van der Waals surface area (Å²) in [6.07, 6.45) is 7.02. The number of rotatable bonds is 2. The van der Waals surface area contributed by atoms with Crippen molar-refractivity contribution in [3.63, 3.8) is 0 Å². The van der Waals surface area contributed by atoms with Gasteiger partial charge in [0.15, 0.2) is 0 Å². The first-order chi connectivity index (χ1) is 9.31. The maximum atomic E-state index is 5.52. The van der Waals surface area contributed by atoms with Crippen LogP contribution in [0, 0.1) is 0 Å². The van der Waals surface area contributed by atoms with Gasteiger partial charge < -0.3 is 5.73 Å². The first kappa shape index (κ1) is 11.3. The Morgan fingerprint density at radius 3 is 2.47 bits per heavy atom. The fourth-order valence-electron chi connectivity index (χ4n) is 1.70. The summed E-state index contributed by atoms with van der Waals surface area (Å²) in [6.45, 7) is 0. The van der Waals surface area contributed by atoms with Gasteiger partial charge in [0.05, 0.1) is 28.6 Å². The third-order valence-electron chi connectivity index (χ3n) is 2.59. The zero-order valence-electron chi connectivity index (χ0n) is 10.1. The van der Waals surface area contributed by atoms with Crippen molar-refractivity contribution < 1.29 is 0 Å². The van der Waals surface area contributed by atoms with Crippen molar-refractivity contribution in [2.75, 3.05) is 5.73 Å². The van der Waals surface area contributed by atoms with E-state index in [2.05, 4.69) is 19.9 Å². The van der Waals surface area contributed by atoms with E-state index in [0.29, 0.717) is 0 Å². The van der Waals surface area contributed by atoms with Gasteiger partial charge in [-0.3, -0.25) is 4.98 Å². The number of aromatic nitrogens is 4. The first-order valence-corrected chi connectivity index (χ1v) is 5.80. The van der Waals surface area contributed by atoms with Crippen molar-refractivity contribution in [2.24, 2.45) is 0 Å². The minimum atomic E-state index is 0.256. The molecule has 0 radical (unpaired) electrons. The van der Waals surface area contributed by atoms with Crippen LogP contribution in [-0.4, -0.2) is 19.9 Å². The summed E-state index contributed by atoms with van der Waals surface area (Å²) in [5.41, 5.74) is 8.78. The number of para-hydroxylation sites is 2. The number of benzene rings is 1. The number of hydrogen-bond donors (Lipinski definition) is 1. The van der Waals surface area contributed by atoms with Crippen LogP contribution in [0.1, 0.15) is 11.4 Å². The summed E-state index contributed by atoms with van der Waals surface area (Å²) < 4.78 is 0. The highest BCUT2D eigenvalue weighted by molar-refractivity contribution is 5.76. The molecule has 0 spiro atoms. The molecule has 0 aliphatic heterocycles. The molecule has 0 unspecified atom stereocenters. The van der Waals surface area contributed by atoms with Gasteiger partial charge in [0.25, 0.3) is 0 Å². The molecule has 2 N–H and O–H groups in total. The number of anilines is 1. The van der Waals surface area contributed by atoms with Gasteiger partial charge in [-0.2, -0.15) is 0 Å². The van der Waals surface area contributed by atoms with E-state index in [1.54, 1.807) is 18.5 Å². The zero-order valence-corrected chi connectivity index (χ0v) is 10.1. The standard InChI is InChI=1S/C14H11N5/c15-14-16-8-7-10(19-14)5-6-11-9-17-12-3-1-2-4-13(12)18-11/h1-9H,(H2,15,16,19). The van der Waals surface area contributed by atoms with Crippen molar-refractivity contribution in [3.8, 4) is 0 Å². The Kier molecular flexibility index (Phi) is 2.86. The van der Waals surface area contributed by atoms with Gasteiger partial charge >= 0.3 is 0 Å². The molecule has 0 amide bonds. The van der Waals surface area contributed by atoms with E-state index in [1.807, 2.05) is 36.4 Å². The molecule has 92 valence electrons. The second-order valence-electron chi connectivity index (χ2n) is 3.96. The van der Waals surface area contributed by atoms with E-state index in [0.717, 1.165) is 22.4 Å². The predicted molar refractivity (Wildman–Crippen MR) is 74.9 cm³/mol. The fourth-order valence-corrected chi connectivity index (χ4v) is 1.70. The highest BCUT2D eigenvalue weighted by Gasteiger charge is 1.96. The summed E-state index contributed by atoms with van der Waals surface area (Å²) in [5, 5.41) is 0. The average Bonchev–Trinajstić information content (AvgIpc) is 2.45. The topological polar surface area (TPSA) is 77.6 Å². The van der Waals surface area contributed by atoms with Crippen LogP contribution < -0.4 is 5.73 Å². The van der Waals surface area contributed by atoms with Crippen molar-refractivity contribution in [1.29, 1.82) is 0 Å². The molecule has 0 saturated carbocycles. The quantitative estimate of drug-likeness (QED) is 0.753. The van der Waals surface area contributed by atoms with Gasteiger partial charge in [-0.05, 0) is 30.4 Å². The van der Waals surface area contributed by atoms with Gasteiger partial charge in [-0.25, -0.2) is 15.0 Å². The molecule has 0 saturated heterocycles. The molecule has 0 atom stereocenters. The van der Waals surface area contributed by atoms with Gasteiger partial charge in [-0.1, -0.05) is 12.1 Å². The van der Waals surface area contributed by atoms with Crippen LogP contribution in [0.25, 0.3) is 23.2 Å². The summed E-state index contributed by atoms with van der Waals surface area (Å²) in [4.78, 5) is 16.8. The Morgan fingerprint density at radius 2 is 1.63 bits per heavy atom. The summed E-state index contributed by atoms with van der Waals surface area (Å²) in [6, 6.07) is 9.52. The molecule has 3 aromatic rings. The Labute approximate surface area is 109 Å². The van der Waals surface area contributed by atoms with E-state index in [9.17, 15) is 0 Å². The van der Waals surface area contributed by atoms with Gasteiger partial charge in [-0.15, -0.1) is 0 Å². The number of hydrogen-bond acceptors (Lipinski definition) is 5. The summed E-state index contributed by atoms with van der Waals surface area (Å²) >= 11 is 0. The van der Waals surface area contributed by atoms with E-state index < -0.39 is 0 Å². The van der Waals surface area contributed by atoms with Crippen LogP contribution in [0.3, 0.4) is 0 Å². The SMILES string of the molecule is Nc1nccc(C=Cc2cnc3ccccc3n2)n1. The predicted octanol–water partition coefficient (Wildman–Crippen LogP) is 2.17. The van der Waals surface area contributed by atoms with Crippen LogP contribution in [0.2, 0.25) is 0 Å². The van der Waals surface area contributed by atoms with Crippen LogP contribution in [0.4, 0.5) is 5.95 Å². The second kappa shape index (κ2) is 4.81. The molecule has 2 aromatic heterocycles. The van der Waals surface area contributed by atoms with Crippen LogP contribution >= 0.6 is 0 Å². The molecular formula is C14H11N5. The minimum absolute atomic E-state index is 0.256. The molecule has 0 aliphatic rings. The Bertz CT molecular complexity index is 751. The molecule has 5 heteroatoms. The molecule has 0 fully saturated rings. The lowest BCUT2D eigenvalue weighted by Gasteiger charge is -1.97. The summed E-state index contributed by atoms with van der Waals surface area (Å²) in [7, 11) is 0. The maximum absolute atomic E-state index is 5.52. The molecule has 5 nitrogen and oxygen atoms in total. The average molecular weight is 249 g/mol. The van der Waals surface area contributed by atoms with Crippen LogP contribution in [-0.2, 0) is 0 Å². The van der Waals surface area contributed by atoms with E-state index >= 15 is 0 Å². The molecule has 0 aliphatic carbocycles. The zero-order chi connectivity index (χ0) is 13.1. The number of nitrogens with zero attached hydrogens (tertiary/aromatic N) is 4. The minimum Gasteiger partial charge on any atom is -0.368 e. The van der Waals surface area contributed by atoms with Crippen LogP contribution in [0.15, 0.2) is 42.7 Å². The number of nitrogen functional groups attached to an aromatic ring is 1. The highest BCUT2D eigenvalue weighted by Crippen LogP contribution is 2.10. The normalized spacial score (nSPS) is 11.2. The van der Waals surface area contributed by atoms with Gasteiger partial charge in [0.1, 0.15) is 0 Å². The van der Waals surface area contributed by atoms with Crippen molar-refractivity contribution >= 4 is 29.1 Å². The maximum Gasteiger partial charge on any atom is 0.220 e. The van der Waals surface area contributed by atoms with Gasteiger partial charge in [0.2, 0.25) is 5.95 Å². The molecule has 1 aromatic carbocycles. The summed E-state index contributed by atoms with van der Waals surface area (Å²) in [5.74, 6) is 0.256. The monoisotopic (exact) mass is 249 g/mol. The lowest BCUT2D eigenvalue weighted by Crippen LogP contribution is -1.94. The molecule has 19 heavy (non-hydrogen) atoms. The Morgan fingerprint density at radius 1 is 0.842 bits per heavy atom. The Balaban J connectivity index is 1.92. The van der Waals surface area contributed by atoms with E-state index in [-0.39, 0.29) is 5.95 Å². The van der Waals surface area contributed by atoms with E-state index in [1.165, 1.54) is 0 Å². The van der Waals surface area contributed by atoms with Crippen molar-refractivity contribution in [1.82, 2.24) is 19.9 Å². The van der Waals surface area contributed by atoms with Crippen LogP contribution in [0.5, 0.6) is 0 Å². The highest BCUT2D eigenvalue weighted by atomic mass is 15.0. The smallest absolute Gasteiger partial charge is 0.220 e. The van der Waals surface area contributed by atoms with Crippen molar-refractivity contribution in [2.45, 2.75) is 0 Å². The lowest BCUT2D eigenvalue weighted by molar-refractivity contribution is 1.17. The Hall–Kier alpha value is -2.82. The number of nitrogens with two attached hydrogens (primary N) is 1. The third-order valence-corrected chi connectivity index (χ3v) is 2.59. The molecular weight excluding hydrogens is 238 g/mol. The molecule has 3 rings (SSSR count). The van der Waals surface area contributed by atoms with Crippen molar-refractivity contribution in [3.05, 3.63) is 54.1 Å².